The Hall–Kier alpha value is -4.00. The number of aromatic amines is 1. The molecule has 3 aromatic carbocycles. The number of ether oxygens (including phenoxy) is 4. The highest BCUT2D eigenvalue weighted by Gasteiger charge is 2.51. The normalized spacial score (nSPS) is 20.3. The van der Waals surface area contributed by atoms with Gasteiger partial charge in [0.1, 0.15) is 35.4 Å². The molecule has 4 aromatic rings. The van der Waals surface area contributed by atoms with Gasteiger partial charge in [0.2, 0.25) is 0 Å². The monoisotopic (exact) mass is 660 g/mol. The summed E-state index contributed by atoms with van der Waals surface area (Å²) < 4.78 is 32.4. The highest BCUT2D eigenvalue weighted by molar-refractivity contribution is 6.74. The molecule has 0 radical (unpaired) electrons. The van der Waals surface area contributed by atoms with E-state index in [4.69, 9.17) is 23.4 Å². The average Bonchev–Trinajstić information content (AvgIpc) is 3.35. The molecule has 2 heterocycles. The highest BCUT2D eigenvalue weighted by Crippen LogP contribution is 2.44. The first kappa shape index (κ1) is 34.3. The van der Waals surface area contributed by atoms with Gasteiger partial charge in [0.05, 0.1) is 20.8 Å². The first-order valence-electron chi connectivity index (χ1n) is 15.6. The summed E-state index contributed by atoms with van der Waals surface area (Å²) in [5.41, 5.74) is 0.166. The summed E-state index contributed by atoms with van der Waals surface area (Å²) in [6.45, 7) is 10.4. The Morgan fingerprint density at radius 3 is 1.85 bits per heavy atom. The Kier molecular flexibility index (Phi) is 9.95. The van der Waals surface area contributed by atoms with Gasteiger partial charge in [-0.15, -0.1) is 0 Å². The standard InChI is InChI=1S/C36H44N2O8Si/c1-35(2,3)47(6,7)46-32-31(40)29(45-33(32)38-22-21-30(39)37-34(38)41)23-44-36(24-11-9-8-10-12-24,25-13-17-27(42-4)18-14-25)26-15-19-28(43-5)20-16-26/h8-22,29,31-33,40H,23H2,1-7H3,(H,37,39,41)/t29-,31+,32-,33-/m1/s1. The third kappa shape index (κ3) is 6.86. The molecule has 0 bridgehead atoms. The minimum atomic E-state index is -2.47. The number of benzene rings is 3. The van der Waals surface area contributed by atoms with Crippen LogP contribution in [0.3, 0.4) is 0 Å². The number of H-pyrrole nitrogens is 1. The lowest BCUT2D eigenvalue weighted by Crippen LogP contribution is -2.50. The van der Waals surface area contributed by atoms with Crippen LogP contribution in [0.4, 0.5) is 0 Å². The summed E-state index contributed by atoms with van der Waals surface area (Å²) in [4.78, 5) is 27.2. The molecule has 47 heavy (non-hydrogen) atoms. The second-order valence-electron chi connectivity index (χ2n) is 13.2. The number of hydrogen-bond acceptors (Lipinski definition) is 8. The van der Waals surface area contributed by atoms with Crippen LogP contribution in [-0.2, 0) is 19.5 Å². The first-order chi connectivity index (χ1) is 22.3. The number of methoxy groups -OCH3 is 2. The van der Waals surface area contributed by atoms with E-state index in [0.29, 0.717) is 11.5 Å². The lowest BCUT2D eigenvalue weighted by atomic mass is 9.80. The van der Waals surface area contributed by atoms with E-state index in [-0.39, 0.29) is 11.6 Å². The second kappa shape index (κ2) is 13.6. The van der Waals surface area contributed by atoms with Gasteiger partial charge in [0.25, 0.3) is 5.56 Å². The van der Waals surface area contributed by atoms with Crippen molar-refractivity contribution in [3.05, 3.63) is 129 Å². The predicted molar refractivity (Wildman–Crippen MR) is 182 cm³/mol. The third-order valence-electron chi connectivity index (χ3n) is 9.31. The molecule has 1 aliphatic rings. The van der Waals surface area contributed by atoms with Crippen LogP contribution < -0.4 is 20.7 Å². The maximum Gasteiger partial charge on any atom is 0.330 e. The van der Waals surface area contributed by atoms with E-state index in [0.717, 1.165) is 16.7 Å². The zero-order valence-electron chi connectivity index (χ0n) is 27.9. The Balaban J connectivity index is 1.59. The SMILES string of the molecule is COc1ccc(C(OC[C@H]2O[C@@H](n3ccc(=O)[nH]c3=O)[C@H](O[Si](C)(C)C(C)(C)C)[C@H]2O)(c2ccccc2)c2ccc(OC)cc2)cc1. The van der Waals surface area contributed by atoms with Crippen molar-refractivity contribution in [2.45, 2.75) is 69.0 Å². The van der Waals surface area contributed by atoms with Gasteiger partial charge in [-0.05, 0) is 59.1 Å². The molecule has 0 saturated carbocycles. The maximum absolute atomic E-state index is 13.0. The molecule has 1 saturated heterocycles. The third-order valence-corrected chi connectivity index (χ3v) is 13.8. The Morgan fingerprint density at radius 2 is 1.36 bits per heavy atom. The van der Waals surface area contributed by atoms with Crippen molar-refractivity contribution in [3.8, 4) is 11.5 Å². The Bertz CT molecular complexity index is 1700. The average molecular weight is 661 g/mol. The summed E-state index contributed by atoms with van der Waals surface area (Å²) in [5, 5.41) is 11.7. The largest absolute Gasteiger partial charge is 0.497 e. The summed E-state index contributed by atoms with van der Waals surface area (Å²) in [7, 11) is 0.760. The van der Waals surface area contributed by atoms with Gasteiger partial charge < -0.3 is 28.5 Å². The van der Waals surface area contributed by atoms with Crippen molar-refractivity contribution in [1.82, 2.24) is 9.55 Å². The van der Waals surface area contributed by atoms with Gasteiger partial charge in [0, 0.05) is 12.3 Å². The number of rotatable bonds is 11. The summed E-state index contributed by atoms with van der Waals surface area (Å²) in [6.07, 6.45) is -2.60. The van der Waals surface area contributed by atoms with Crippen LogP contribution in [0.25, 0.3) is 0 Å². The fourth-order valence-corrected chi connectivity index (χ4v) is 6.92. The molecule has 0 aliphatic carbocycles. The molecule has 0 amide bonds. The molecule has 250 valence electrons. The van der Waals surface area contributed by atoms with Crippen LogP contribution in [0.2, 0.25) is 18.1 Å². The number of aromatic nitrogens is 2. The second-order valence-corrected chi connectivity index (χ2v) is 18.0. The summed E-state index contributed by atoms with van der Waals surface area (Å²) in [5.74, 6) is 1.39. The first-order valence-corrected chi connectivity index (χ1v) is 18.5. The van der Waals surface area contributed by atoms with Crippen LogP contribution in [0, 0.1) is 0 Å². The fourth-order valence-electron chi connectivity index (χ4n) is 5.63. The highest BCUT2D eigenvalue weighted by atomic mass is 28.4. The van der Waals surface area contributed by atoms with Crippen LogP contribution in [-0.4, -0.2) is 62.1 Å². The Labute approximate surface area is 276 Å². The molecule has 0 unspecified atom stereocenters. The summed E-state index contributed by atoms with van der Waals surface area (Å²) >= 11 is 0. The zero-order chi connectivity index (χ0) is 34.0. The van der Waals surface area contributed by atoms with Crippen LogP contribution in [0.1, 0.15) is 43.7 Å². The van der Waals surface area contributed by atoms with Crippen molar-refractivity contribution >= 4 is 8.32 Å². The number of aliphatic hydroxyl groups excluding tert-OH is 1. The number of nitrogens with one attached hydrogen (secondary N) is 1. The fraction of sp³-hybridized carbons (Fsp3) is 0.389. The molecule has 2 N–H and O–H groups in total. The molecule has 0 spiro atoms. The smallest absolute Gasteiger partial charge is 0.330 e. The van der Waals surface area contributed by atoms with Gasteiger partial charge >= 0.3 is 5.69 Å². The van der Waals surface area contributed by atoms with Gasteiger partial charge in [0.15, 0.2) is 14.5 Å². The van der Waals surface area contributed by atoms with E-state index in [1.54, 1.807) is 14.2 Å². The van der Waals surface area contributed by atoms with Crippen molar-refractivity contribution in [2.24, 2.45) is 0 Å². The molecule has 11 heteroatoms. The van der Waals surface area contributed by atoms with Gasteiger partial charge in [-0.2, -0.15) is 0 Å². The summed E-state index contributed by atoms with van der Waals surface area (Å²) in [6, 6.07) is 26.4. The quantitative estimate of drug-likeness (QED) is 0.166. The Morgan fingerprint density at radius 1 is 0.830 bits per heavy atom. The number of aliphatic hydroxyl groups is 1. The lowest BCUT2D eigenvalue weighted by Gasteiger charge is -2.40. The van der Waals surface area contributed by atoms with E-state index >= 15 is 0 Å². The van der Waals surface area contributed by atoms with E-state index in [1.165, 1.54) is 16.8 Å². The molecule has 10 nitrogen and oxygen atoms in total. The van der Waals surface area contributed by atoms with Crippen molar-refractivity contribution in [2.75, 3.05) is 20.8 Å². The minimum Gasteiger partial charge on any atom is -0.497 e. The predicted octanol–water partition coefficient (Wildman–Crippen LogP) is 5.21. The topological polar surface area (TPSA) is 121 Å². The molecule has 1 aromatic heterocycles. The minimum absolute atomic E-state index is 0.0694. The van der Waals surface area contributed by atoms with E-state index in [9.17, 15) is 14.7 Å². The molecule has 1 fully saturated rings. The van der Waals surface area contributed by atoms with Gasteiger partial charge in [-0.3, -0.25) is 14.3 Å². The van der Waals surface area contributed by atoms with E-state index in [1.807, 2.05) is 78.9 Å². The molecular weight excluding hydrogens is 616 g/mol. The molecule has 5 rings (SSSR count). The number of nitrogens with zero attached hydrogens (tertiary/aromatic N) is 1. The van der Waals surface area contributed by atoms with Gasteiger partial charge in [-0.25, -0.2) is 4.79 Å². The van der Waals surface area contributed by atoms with Crippen molar-refractivity contribution in [1.29, 1.82) is 0 Å². The van der Waals surface area contributed by atoms with Crippen molar-refractivity contribution < 1.29 is 28.5 Å². The zero-order valence-corrected chi connectivity index (χ0v) is 28.9. The van der Waals surface area contributed by atoms with Gasteiger partial charge in [-0.1, -0.05) is 75.4 Å². The van der Waals surface area contributed by atoms with E-state index in [2.05, 4.69) is 38.8 Å². The maximum atomic E-state index is 13.0. The lowest BCUT2D eigenvalue weighted by molar-refractivity contribution is -0.0956. The van der Waals surface area contributed by atoms with E-state index < -0.39 is 49.7 Å². The molecule has 4 atom stereocenters. The van der Waals surface area contributed by atoms with Crippen LogP contribution >= 0.6 is 0 Å². The molecular formula is C36H44N2O8Si. The van der Waals surface area contributed by atoms with Crippen LogP contribution in [0.15, 0.2) is 101 Å². The van der Waals surface area contributed by atoms with Crippen LogP contribution in [0.5, 0.6) is 11.5 Å². The number of hydrogen-bond donors (Lipinski definition) is 2. The molecule has 1 aliphatic heterocycles. The van der Waals surface area contributed by atoms with Crippen molar-refractivity contribution in [3.63, 3.8) is 0 Å².